The van der Waals surface area contributed by atoms with E-state index in [1.807, 2.05) is 6.07 Å². The van der Waals surface area contributed by atoms with Crippen molar-refractivity contribution in [3.63, 3.8) is 0 Å². The van der Waals surface area contributed by atoms with Crippen LogP contribution in [0.5, 0.6) is 5.75 Å². The molecule has 0 unspecified atom stereocenters. The number of hydrogen-bond donors (Lipinski definition) is 2. The Labute approximate surface area is 242 Å². The highest BCUT2D eigenvalue weighted by molar-refractivity contribution is 8.19. The summed E-state index contributed by atoms with van der Waals surface area (Å²) in [6, 6.07) is 21.2. The first-order chi connectivity index (χ1) is 19.8. The zero-order chi connectivity index (χ0) is 28.9. The Morgan fingerprint density at radius 1 is 1.00 bits per heavy atom. The van der Waals surface area contributed by atoms with Crippen LogP contribution in [0.1, 0.15) is 31.3 Å². The summed E-state index contributed by atoms with van der Waals surface area (Å²) in [6.07, 6.45) is 1.64. The van der Waals surface area contributed by atoms with Crippen LogP contribution < -0.4 is 20.4 Å². The third kappa shape index (κ3) is 6.34. The minimum atomic E-state index is -0.547. The first kappa shape index (κ1) is 27.7. The molecule has 41 heavy (non-hydrogen) atoms. The van der Waals surface area contributed by atoms with E-state index in [0.717, 1.165) is 23.1 Å². The molecule has 5 rings (SSSR count). The molecule has 1 aliphatic rings. The fraction of sp³-hybridized carbons (Fsp3) is 0.0690. The van der Waals surface area contributed by atoms with Crippen molar-refractivity contribution in [2.45, 2.75) is 6.92 Å². The summed E-state index contributed by atoms with van der Waals surface area (Å²) in [4.78, 5) is 45.3. The lowest BCUT2D eigenvalue weighted by Crippen LogP contribution is -2.31. The number of methoxy groups -OCH3 is 1. The molecule has 0 bridgehead atoms. The topological polar surface area (TPSA) is 113 Å². The molecule has 3 aromatic carbocycles. The van der Waals surface area contributed by atoms with Gasteiger partial charge in [-0.3, -0.25) is 24.6 Å². The maximum atomic E-state index is 13.3. The quantitative estimate of drug-likeness (QED) is 0.213. The van der Waals surface area contributed by atoms with Crippen LogP contribution >= 0.6 is 23.1 Å². The highest BCUT2D eigenvalue weighted by Crippen LogP contribution is 2.36. The number of aromatic nitrogens is 1. The van der Waals surface area contributed by atoms with Gasteiger partial charge in [0.2, 0.25) is 0 Å². The number of nitrogens with zero attached hydrogens (tertiary/aromatic N) is 3. The van der Waals surface area contributed by atoms with Crippen molar-refractivity contribution in [1.82, 2.24) is 10.4 Å². The summed E-state index contributed by atoms with van der Waals surface area (Å²) < 4.78 is 18.5. The van der Waals surface area contributed by atoms with E-state index in [2.05, 4.69) is 20.8 Å². The zero-order valence-corrected chi connectivity index (χ0v) is 23.4. The summed E-state index contributed by atoms with van der Waals surface area (Å²) in [5.74, 6) is -1.02. The number of nitrogens with one attached hydrogen (secondary N) is 2. The monoisotopic (exact) mass is 587 g/mol. The molecule has 3 amide bonds. The maximum absolute atomic E-state index is 13.3. The maximum Gasteiger partial charge on any atom is 0.283 e. The van der Waals surface area contributed by atoms with Crippen LogP contribution in [0.4, 0.5) is 15.2 Å². The van der Waals surface area contributed by atoms with Crippen LogP contribution in [0.2, 0.25) is 0 Å². The number of benzene rings is 3. The number of carbonyl (C=O) groups excluding carboxylic acids is 3. The molecule has 0 spiro atoms. The molecule has 2 N–H and O–H groups in total. The Balaban J connectivity index is 1.34. The Morgan fingerprint density at radius 2 is 1.71 bits per heavy atom. The van der Waals surface area contributed by atoms with E-state index in [1.165, 1.54) is 24.1 Å². The predicted molar refractivity (Wildman–Crippen MR) is 159 cm³/mol. The van der Waals surface area contributed by atoms with Crippen LogP contribution in [-0.4, -0.2) is 35.0 Å². The molecule has 1 fully saturated rings. The van der Waals surface area contributed by atoms with Crippen LogP contribution in [0.25, 0.3) is 6.08 Å². The average molecular weight is 588 g/mol. The van der Waals surface area contributed by atoms with E-state index in [9.17, 15) is 18.8 Å². The van der Waals surface area contributed by atoms with Gasteiger partial charge in [-0.05, 0) is 78.9 Å². The highest BCUT2D eigenvalue weighted by atomic mass is 32.2. The Bertz CT molecular complexity index is 1670. The summed E-state index contributed by atoms with van der Waals surface area (Å²) in [6.45, 7) is 1.65. The van der Waals surface area contributed by atoms with Gasteiger partial charge in [-0.1, -0.05) is 41.7 Å². The number of hydrazone groups is 1. The number of carbonyl (C=O) groups is 3. The molecule has 0 radical (unpaired) electrons. The van der Waals surface area contributed by atoms with Crippen LogP contribution in [0.3, 0.4) is 0 Å². The molecule has 2 heterocycles. The van der Waals surface area contributed by atoms with Crippen molar-refractivity contribution in [3.8, 4) is 5.75 Å². The second-order valence-corrected chi connectivity index (χ2v) is 10.6. The number of ether oxygens (including phenoxy) is 1. The minimum absolute atomic E-state index is 0.234. The third-order valence-electron chi connectivity index (χ3n) is 5.82. The molecular formula is C29H22FN5O4S2. The number of amides is 3. The fourth-order valence-corrected chi connectivity index (χ4v) is 5.58. The van der Waals surface area contributed by atoms with Gasteiger partial charge in [0.05, 0.1) is 23.4 Å². The molecule has 12 heteroatoms. The van der Waals surface area contributed by atoms with Gasteiger partial charge in [-0.2, -0.15) is 0 Å². The van der Waals surface area contributed by atoms with Gasteiger partial charge in [0.1, 0.15) is 16.4 Å². The van der Waals surface area contributed by atoms with Gasteiger partial charge in [0.15, 0.2) is 10.3 Å². The molecule has 0 saturated carbocycles. The number of amidine groups is 1. The van der Waals surface area contributed by atoms with Gasteiger partial charge in [-0.15, -0.1) is 5.10 Å². The van der Waals surface area contributed by atoms with E-state index >= 15 is 0 Å². The number of para-hydroxylation sites is 1. The zero-order valence-electron chi connectivity index (χ0n) is 21.8. The van der Waals surface area contributed by atoms with Gasteiger partial charge in [0.25, 0.3) is 17.7 Å². The highest BCUT2D eigenvalue weighted by Gasteiger charge is 2.35. The number of thioether (sulfide) groups is 1. The van der Waals surface area contributed by atoms with Crippen molar-refractivity contribution in [2.24, 2.45) is 5.10 Å². The molecular weight excluding hydrogens is 565 g/mol. The summed E-state index contributed by atoms with van der Waals surface area (Å²) in [5.41, 5.74) is 4.53. The lowest BCUT2D eigenvalue weighted by Gasteiger charge is -2.15. The summed E-state index contributed by atoms with van der Waals surface area (Å²) in [7, 11) is 1.54. The lowest BCUT2D eigenvalue weighted by atomic mass is 10.2. The van der Waals surface area contributed by atoms with Gasteiger partial charge in [0, 0.05) is 5.56 Å². The van der Waals surface area contributed by atoms with E-state index in [1.54, 1.807) is 73.7 Å². The summed E-state index contributed by atoms with van der Waals surface area (Å²) >= 11 is 2.08. The molecule has 1 aliphatic heterocycles. The molecule has 0 aliphatic carbocycles. The second-order valence-electron chi connectivity index (χ2n) is 8.59. The second kappa shape index (κ2) is 12.1. The Morgan fingerprint density at radius 3 is 2.39 bits per heavy atom. The number of hydrogen-bond acceptors (Lipinski definition) is 8. The number of halogens is 1. The lowest BCUT2D eigenvalue weighted by molar-refractivity contribution is -0.113. The Kier molecular flexibility index (Phi) is 8.22. The Hall–Kier alpha value is -4.81. The minimum Gasteiger partial charge on any atom is -0.497 e. The largest absolute Gasteiger partial charge is 0.497 e. The number of aryl methyl sites for hydroxylation is 1. The van der Waals surface area contributed by atoms with Crippen LogP contribution in [0.15, 0.2) is 88.9 Å². The number of rotatable bonds is 7. The molecule has 4 aromatic rings. The molecule has 9 nitrogen and oxygen atoms in total. The summed E-state index contributed by atoms with van der Waals surface area (Å²) in [5, 5.41) is 7.44. The normalized spacial score (nSPS) is 14.9. The molecule has 0 atom stereocenters. The van der Waals surface area contributed by atoms with Gasteiger partial charge in [-0.25, -0.2) is 14.8 Å². The van der Waals surface area contributed by atoms with E-state index < -0.39 is 5.91 Å². The van der Waals surface area contributed by atoms with E-state index in [4.69, 9.17) is 4.74 Å². The number of anilines is 2. The van der Waals surface area contributed by atoms with E-state index in [0.29, 0.717) is 33.2 Å². The van der Waals surface area contributed by atoms with Gasteiger partial charge >= 0.3 is 0 Å². The first-order valence-corrected chi connectivity index (χ1v) is 13.8. The molecule has 206 valence electrons. The van der Waals surface area contributed by atoms with Crippen molar-refractivity contribution >= 4 is 62.9 Å². The van der Waals surface area contributed by atoms with Crippen molar-refractivity contribution < 1.29 is 23.5 Å². The van der Waals surface area contributed by atoms with Gasteiger partial charge < -0.3 is 4.74 Å². The fourth-order valence-electron chi connectivity index (χ4n) is 3.79. The smallest absolute Gasteiger partial charge is 0.283 e. The third-order valence-corrected chi connectivity index (χ3v) is 7.86. The van der Waals surface area contributed by atoms with E-state index in [-0.39, 0.29) is 32.8 Å². The predicted octanol–water partition coefficient (Wildman–Crippen LogP) is 5.67. The number of thiazole rings is 1. The molecule has 1 saturated heterocycles. The first-order valence-electron chi connectivity index (χ1n) is 12.2. The van der Waals surface area contributed by atoms with Crippen LogP contribution in [0, 0.1) is 12.7 Å². The van der Waals surface area contributed by atoms with Crippen LogP contribution in [-0.2, 0) is 4.79 Å². The SMILES string of the molecule is COc1ccc(C(=O)Nc2nc(C)c(C(=O)N/N=C3\S/C(=C\c4ccc(F)cc4)C(=O)N3c3ccccc3)s2)cc1. The van der Waals surface area contributed by atoms with Crippen molar-refractivity contribution in [2.75, 3.05) is 17.3 Å². The molecule has 1 aromatic heterocycles. The average Bonchev–Trinajstić information content (AvgIpc) is 3.51. The standard InChI is InChI=1S/C29H22FN5O4S2/c1-17-24(41-28(31-17)32-25(36)19-10-14-22(39-2)15-11-19)26(37)33-34-29-35(21-6-4-3-5-7-21)27(38)23(40-29)16-18-8-12-20(30)13-9-18/h3-16H,1-2H3,(H,33,37)(H,31,32,36)/b23-16-,34-29-. The van der Waals surface area contributed by atoms with Crippen molar-refractivity contribution in [3.05, 3.63) is 111 Å². The van der Waals surface area contributed by atoms with Crippen molar-refractivity contribution in [1.29, 1.82) is 0 Å².